The van der Waals surface area contributed by atoms with Gasteiger partial charge in [-0.2, -0.15) is 0 Å². The average molecular weight is 324 g/mol. The summed E-state index contributed by atoms with van der Waals surface area (Å²) in [6.45, 7) is 1.48. The smallest absolute Gasteiger partial charge is 0.265 e. The lowest BCUT2D eigenvalue weighted by Gasteiger charge is -2.07. The van der Waals surface area contributed by atoms with Gasteiger partial charge in [-0.05, 0) is 47.1 Å². The van der Waals surface area contributed by atoms with Gasteiger partial charge in [-0.15, -0.1) is 11.3 Å². The van der Waals surface area contributed by atoms with Gasteiger partial charge in [0.1, 0.15) is 0 Å². The minimum Gasteiger partial charge on any atom is -0.321 e. The summed E-state index contributed by atoms with van der Waals surface area (Å²) >= 11 is 4.66. The first kappa shape index (κ1) is 13.0. The maximum absolute atomic E-state index is 12.0. The van der Waals surface area contributed by atoms with Crippen LogP contribution in [0.25, 0.3) is 0 Å². The van der Waals surface area contributed by atoms with Crippen LogP contribution in [0.15, 0.2) is 40.2 Å². The van der Waals surface area contributed by atoms with E-state index in [9.17, 15) is 9.59 Å². The van der Waals surface area contributed by atoms with Crippen LogP contribution in [0.5, 0.6) is 0 Å². The van der Waals surface area contributed by atoms with Gasteiger partial charge < -0.3 is 5.32 Å². The third-order valence-electron chi connectivity index (χ3n) is 2.35. The fourth-order valence-electron chi connectivity index (χ4n) is 1.52. The molecular formula is C13H10BrNO2S. The molecule has 92 valence electrons. The second-order valence-corrected chi connectivity index (χ2v) is 6.12. The van der Waals surface area contributed by atoms with Crippen molar-refractivity contribution < 1.29 is 9.59 Å². The van der Waals surface area contributed by atoms with Crippen molar-refractivity contribution in [2.45, 2.75) is 6.92 Å². The highest BCUT2D eigenvalue weighted by molar-refractivity contribution is 9.11. The minimum atomic E-state index is -0.209. The summed E-state index contributed by atoms with van der Waals surface area (Å²) in [6.07, 6.45) is 0. The molecule has 1 amide bonds. The number of amides is 1. The molecule has 0 bridgehead atoms. The van der Waals surface area contributed by atoms with Gasteiger partial charge in [-0.1, -0.05) is 12.1 Å². The van der Waals surface area contributed by atoms with Gasteiger partial charge in [-0.25, -0.2) is 0 Å². The number of rotatable bonds is 3. The van der Waals surface area contributed by atoms with Gasteiger partial charge in [0.05, 0.1) is 14.4 Å². The van der Waals surface area contributed by atoms with E-state index in [2.05, 4.69) is 21.2 Å². The summed E-state index contributed by atoms with van der Waals surface area (Å²) in [5, 5.41) is 2.75. The van der Waals surface area contributed by atoms with Crippen molar-refractivity contribution in [3.05, 3.63) is 50.6 Å². The maximum atomic E-state index is 12.0. The Morgan fingerprint density at radius 2 is 1.89 bits per heavy atom. The highest BCUT2D eigenvalue weighted by Gasteiger charge is 2.12. The van der Waals surface area contributed by atoms with E-state index in [-0.39, 0.29) is 11.7 Å². The molecule has 0 unspecified atom stereocenters. The zero-order chi connectivity index (χ0) is 13.1. The van der Waals surface area contributed by atoms with Crippen molar-refractivity contribution in [2.75, 3.05) is 5.32 Å². The molecule has 1 N–H and O–H groups in total. The first-order chi connectivity index (χ1) is 8.58. The number of halogens is 1. The lowest BCUT2D eigenvalue weighted by molar-refractivity contribution is 0.101. The number of hydrogen-bond acceptors (Lipinski definition) is 3. The SMILES string of the molecule is CC(=O)c1ccccc1NC(=O)c1ccc(Br)s1. The highest BCUT2D eigenvalue weighted by Crippen LogP contribution is 2.24. The van der Waals surface area contributed by atoms with Gasteiger partial charge in [0.25, 0.3) is 5.91 Å². The molecule has 1 aromatic carbocycles. The predicted octanol–water partition coefficient (Wildman–Crippen LogP) is 3.97. The van der Waals surface area contributed by atoms with Crippen LogP contribution in [0.2, 0.25) is 0 Å². The number of carbonyl (C=O) groups is 2. The second-order valence-electron chi connectivity index (χ2n) is 3.66. The Morgan fingerprint density at radius 3 is 2.50 bits per heavy atom. The number of carbonyl (C=O) groups excluding carboxylic acids is 2. The number of nitrogens with one attached hydrogen (secondary N) is 1. The van der Waals surface area contributed by atoms with Gasteiger partial charge >= 0.3 is 0 Å². The molecule has 1 aromatic heterocycles. The number of benzene rings is 1. The molecule has 0 fully saturated rings. The molecule has 0 aliphatic heterocycles. The molecule has 2 rings (SSSR count). The Hall–Kier alpha value is -1.46. The Kier molecular flexibility index (Phi) is 3.93. The van der Waals surface area contributed by atoms with Crippen LogP contribution >= 0.6 is 27.3 Å². The molecule has 0 saturated heterocycles. The molecule has 2 aromatic rings. The summed E-state index contributed by atoms with van der Waals surface area (Å²) in [6, 6.07) is 10.5. The van der Waals surface area contributed by atoms with Crippen LogP contribution < -0.4 is 5.32 Å². The fraction of sp³-hybridized carbons (Fsp3) is 0.0769. The van der Waals surface area contributed by atoms with Crippen molar-refractivity contribution in [3.63, 3.8) is 0 Å². The normalized spacial score (nSPS) is 10.1. The summed E-state index contributed by atoms with van der Waals surface area (Å²) in [7, 11) is 0. The average Bonchev–Trinajstić information content (AvgIpc) is 2.76. The number of ketones is 1. The molecule has 1 heterocycles. The molecule has 0 saturated carbocycles. The summed E-state index contributed by atoms with van der Waals surface area (Å²) in [4.78, 5) is 24.0. The van der Waals surface area contributed by atoms with E-state index in [0.29, 0.717) is 16.1 Å². The zero-order valence-electron chi connectivity index (χ0n) is 9.57. The standard InChI is InChI=1S/C13H10BrNO2S/c1-8(16)9-4-2-3-5-10(9)15-13(17)11-6-7-12(14)18-11/h2-7H,1H3,(H,15,17). The quantitative estimate of drug-likeness (QED) is 0.869. The Labute approximate surface area is 117 Å². The molecule has 3 nitrogen and oxygen atoms in total. The molecule has 0 atom stereocenters. The topological polar surface area (TPSA) is 46.2 Å². The van der Waals surface area contributed by atoms with Crippen molar-refractivity contribution in [1.82, 2.24) is 0 Å². The van der Waals surface area contributed by atoms with E-state index in [4.69, 9.17) is 0 Å². The molecule has 5 heteroatoms. The zero-order valence-corrected chi connectivity index (χ0v) is 12.0. The van der Waals surface area contributed by atoms with Crippen molar-refractivity contribution in [1.29, 1.82) is 0 Å². The summed E-state index contributed by atoms with van der Waals surface area (Å²) in [5.74, 6) is -0.280. The lowest BCUT2D eigenvalue weighted by atomic mass is 10.1. The van der Waals surface area contributed by atoms with E-state index in [0.717, 1.165) is 3.79 Å². The van der Waals surface area contributed by atoms with Crippen molar-refractivity contribution in [3.8, 4) is 0 Å². The third-order valence-corrected chi connectivity index (χ3v) is 3.97. The van der Waals surface area contributed by atoms with Crippen LogP contribution in [-0.2, 0) is 0 Å². The molecule has 0 aliphatic carbocycles. The van der Waals surface area contributed by atoms with Gasteiger partial charge in [-0.3, -0.25) is 9.59 Å². The van der Waals surface area contributed by atoms with Crippen LogP contribution in [0, 0.1) is 0 Å². The molecule has 0 radical (unpaired) electrons. The van der Waals surface area contributed by atoms with E-state index in [1.807, 2.05) is 6.07 Å². The van der Waals surface area contributed by atoms with Crippen molar-refractivity contribution in [2.24, 2.45) is 0 Å². The van der Waals surface area contributed by atoms with Crippen LogP contribution in [0.3, 0.4) is 0 Å². The number of para-hydroxylation sites is 1. The largest absolute Gasteiger partial charge is 0.321 e. The van der Waals surface area contributed by atoms with E-state index in [1.54, 1.807) is 30.3 Å². The number of anilines is 1. The van der Waals surface area contributed by atoms with E-state index in [1.165, 1.54) is 18.3 Å². The Morgan fingerprint density at radius 1 is 1.17 bits per heavy atom. The van der Waals surface area contributed by atoms with Gasteiger partial charge in [0.2, 0.25) is 0 Å². The molecular weight excluding hydrogens is 314 g/mol. The first-order valence-electron chi connectivity index (χ1n) is 5.24. The van der Waals surface area contributed by atoms with Gasteiger partial charge in [0, 0.05) is 5.56 Å². The molecule has 0 spiro atoms. The van der Waals surface area contributed by atoms with Crippen molar-refractivity contribution >= 4 is 44.6 Å². The monoisotopic (exact) mass is 323 g/mol. The van der Waals surface area contributed by atoms with Crippen LogP contribution in [0.1, 0.15) is 27.0 Å². The third kappa shape index (κ3) is 2.86. The Balaban J connectivity index is 2.24. The van der Waals surface area contributed by atoms with Gasteiger partial charge in [0.15, 0.2) is 5.78 Å². The molecule has 18 heavy (non-hydrogen) atoms. The summed E-state index contributed by atoms with van der Waals surface area (Å²) < 4.78 is 0.896. The number of Topliss-reactive ketones (excluding diaryl/α,β-unsaturated/α-hetero) is 1. The lowest BCUT2D eigenvalue weighted by Crippen LogP contribution is -2.12. The van der Waals surface area contributed by atoms with Crippen LogP contribution in [0.4, 0.5) is 5.69 Å². The first-order valence-corrected chi connectivity index (χ1v) is 6.85. The fourth-order valence-corrected chi connectivity index (χ4v) is 2.80. The highest BCUT2D eigenvalue weighted by atomic mass is 79.9. The number of thiophene rings is 1. The minimum absolute atomic E-state index is 0.0711. The Bertz CT molecular complexity index is 607. The summed E-state index contributed by atoms with van der Waals surface area (Å²) in [5.41, 5.74) is 1.06. The second kappa shape index (κ2) is 5.46. The van der Waals surface area contributed by atoms with E-state index >= 15 is 0 Å². The number of hydrogen-bond donors (Lipinski definition) is 1. The molecule has 0 aliphatic rings. The maximum Gasteiger partial charge on any atom is 0.265 e. The van der Waals surface area contributed by atoms with Crippen LogP contribution in [-0.4, -0.2) is 11.7 Å². The van der Waals surface area contributed by atoms with E-state index < -0.39 is 0 Å². The predicted molar refractivity (Wildman–Crippen MR) is 76.4 cm³/mol.